The van der Waals surface area contributed by atoms with Crippen molar-refractivity contribution in [1.82, 2.24) is 5.32 Å². The molecule has 1 aromatic carbocycles. The van der Waals surface area contributed by atoms with Crippen LogP contribution in [0.2, 0.25) is 0 Å². The Labute approximate surface area is 88.5 Å². The minimum Gasteiger partial charge on any atom is -0.315 e. The summed E-state index contributed by atoms with van der Waals surface area (Å²) in [6, 6.07) is 4.59. The van der Waals surface area contributed by atoms with Crippen LogP contribution < -0.4 is 5.32 Å². The van der Waals surface area contributed by atoms with Gasteiger partial charge in [0.1, 0.15) is 11.6 Å². The Bertz CT molecular complexity index is 385. The molecule has 1 N–H and O–H groups in total. The number of rotatable bonds is 3. The third-order valence-electron chi connectivity index (χ3n) is 2.91. The molecule has 0 atom stereocenters. The van der Waals surface area contributed by atoms with Crippen molar-refractivity contribution in [3.8, 4) is 0 Å². The molecule has 2 nitrogen and oxygen atoms in total. The summed E-state index contributed by atoms with van der Waals surface area (Å²) in [5.74, 6) is 0.173. The summed E-state index contributed by atoms with van der Waals surface area (Å²) in [5.41, 5.74) is 1.80. The van der Waals surface area contributed by atoms with Crippen molar-refractivity contribution in [3.05, 3.63) is 35.1 Å². The molecule has 0 radical (unpaired) electrons. The van der Waals surface area contributed by atoms with Crippen LogP contribution in [-0.2, 0) is 11.2 Å². The van der Waals surface area contributed by atoms with E-state index in [1.54, 1.807) is 6.07 Å². The molecule has 1 fully saturated rings. The van der Waals surface area contributed by atoms with Gasteiger partial charge in [0.05, 0.1) is 0 Å². The SMILES string of the molecule is Cc1cc(F)ccc1CC(=O)C1CNC1. The third kappa shape index (κ3) is 2.23. The summed E-state index contributed by atoms with van der Waals surface area (Å²) >= 11 is 0. The quantitative estimate of drug-likeness (QED) is 0.813. The zero-order valence-corrected chi connectivity index (χ0v) is 8.72. The van der Waals surface area contributed by atoms with Crippen LogP contribution in [0.4, 0.5) is 4.39 Å². The van der Waals surface area contributed by atoms with Crippen molar-refractivity contribution in [2.45, 2.75) is 13.3 Å². The maximum atomic E-state index is 12.8. The minimum absolute atomic E-state index is 0.162. The van der Waals surface area contributed by atoms with E-state index in [1.807, 2.05) is 6.92 Å². The Balaban J connectivity index is 2.06. The van der Waals surface area contributed by atoms with Crippen LogP contribution in [0, 0.1) is 18.7 Å². The highest BCUT2D eigenvalue weighted by Gasteiger charge is 2.24. The van der Waals surface area contributed by atoms with E-state index in [1.165, 1.54) is 12.1 Å². The summed E-state index contributed by atoms with van der Waals surface area (Å²) in [5, 5.41) is 3.07. The van der Waals surface area contributed by atoms with Gasteiger partial charge >= 0.3 is 0 Å². The zero-order chi connectivity index (χ0) is 10.8. The number of hydrogen-bond acceptors (Lipinski definition) is 2. The molecule has 0 unspecified atom stereocenters. The summed E-state index contributed by atoms with van der Waals surface area (Å²) in [6.45, 7) is 3.42. The van der Waals surface area contributed by atoms with E-state index in [2.05, 4.69) is 5.32 Å². The highest BCUT2D eigenvalue weighted by molar-refractivity contribution is 5.84. The number of nitrogens with one attached hydrogen (secondary N) is 1. The monoisotopic (exact) mass is 207 g/mol. The van der Waals surface area contributed by atoms with E-state index >= 15 is 0 Å². The number of Topliss-reactive ketones (excluding diaryl/α,β-unsaturated/α-hetero) is 1. The fourth-order valence-corrected chi connectivity index (χ4v) is 1.71. The van der Waals surface area contributed by atoms with Crippen LogP contribution in [0.1, 0.15) is 11.1 Å². The maximum Gasteiger partial charge on any atom is 0.142 e. The van der Waals surface area contributed by atoms with Gasteiger partial charge in [-0.2, -0.15) is 0 Å². The first-order valence-corrected chi connectivity index (χ1v) is 5.15. The van der Waals surface area contributed by atoms with Crippen molar-refractivity contribution in [2.24, 2.45) is 5.92 Å². The maximum absolute atomic E-state index is 12.8. The molecular formula is C12H14FNO. The van der Waals surface area contributed by atoms with Gasteiger partial charge in [-0.05, 0) is 30.2 Å². The van der Waals surface area contributed by atoms with Gasteiger partial charge in [0, 0.05) is 25.4 Å². The molecule has 1 aliphatic rings. The molecule has 1 aliphatic heterocycles. The molecule has 0 bridgehead atoms. The summed E-state index contributed by atoms with van der Waals surface area (Å²) in [4.78, 5) is 11.7. The lowest BCUT2D eigenvalue weighted by molar-refractivity contribution is -0.123. The van der Waals surface area contributed by atoms with Crippen molar-refractivity contribution in [1.29, 1.82) is 0 Å². The Hall–Kier alpha value is -1.22. The standard InChI is InChI=1S/C12H14FNO/c1-8-4-11(13)3-2-9(8)5-12(15)10-6-14-7-10/h2-4,10,14H,5-7H2,1H3. The van der Waals surface area contributed by atoms with Gasteiger partial charge < -0.3 is 5.32 Å². The molecule has 0 aromatic heterocycles. The average Bonchev–Trinajstić information content (AvgIpc) is 2.07. The molecule has 1 saturated heterocycles. The molecule has 0 aliphatic carbocycles. The van der Waals surface area contributed by atoms with Crippen LogP contribution >= 0.6 is 0 Å². The van der Waals surface area contributed by atoms with E-state index in [0.717, 1.165) is 24.2 Å². The van der Waals surface area contributed by atoms with Gasteiger partial charge in [-0.3, -0.25) is 4.79 Å². The van der Waals surface area contributed by atoms with E-state index < -0.39 is 0 Å². The van der Waals surface area contributed by atoms with Gasteiger partial charge in [-0.15, -0.1) is 0 Å². The fourth-order valence-electron chi connectivity index (χ4n) is 1.71. The molecular weight excluding hydrogens is 193 g/mol. The van der Waals surface area contributed by atoms with E-state index in [-0.39, 0.29) is 17.5 Å². The highest BCUT2D eigenvalue weighted by Crippen LogP contribution is 2.14. The molecule has 1 heterocycles. The average molecular weight is 207 g/mol. The molecule has 2 rings (SSSR count). The Kier molecular flexibility index (Phi) is 2.82. The van der Waals surface area contributed by atoms with Gasteiger partial charge in [-0.25, -0.2) is 4.39 Å². The van der Waals surface area contributed by atoms with Crippen LogP contribution in [0.15, 0.2) is 18.2 Å². The molecule has 80 valence electrons. The second kappa shape index (κ2) is 4.11. The molecule has 0 saturated carbocycles. The smallest absolute Gasteiger partial charge is 0.142 e. The number of hydrogen-bond donors (Lipinski definition) is 1. The van der Waals surface area contributed by atoms with E-state index in [4.69, 9.17) is 0 Å². The van der Waals surface area contributed by atoms with Gasteiger partial charge in [-0.1, -0.05) is 6.07 Å². The van der Waals surface area contributed by atoms with E-state index in [0.29, 0.717) is 6.42 Å². The predicted molar refractivity (Wildman–Crippen MR) is 56.2 cm³/mol. The van der Waals surface area contributed by atoms with Gasteiger partial charge in [0.25, 0.3) is 0 Å². The lowest BCUT2D eigenvalue weighted by atomic mass is 9.92. The number of carbonyl (C=O) groups excluding carboxylic acids is 1. The fraction of sp³-hybridized carbons (Fsp3) is 0.417. The summed E-state index contributed by atoms with van der Waals surface area (Å²) < 4.78 is 12.8. The van der Waals surface area contributed by atoms with Gasteiger partial charge in [0.15, 0.2) is 0 Å². The van der Waals surface area contributed by atoms with Crippen LogP contribution in [0.3, 0.4) is 0 Å². The molecule has 1 aromatic rings. The highest BCUT2D eigenvalue weighted by atomic mass is 19.1. The molecule has 15 heavy (non-hydrogen) atoms. The Morgan fingerprint density at radius 3 is 2.80 bits per heavy atom. The van der Waals surface area contributed by atoms with Crippen molar-refractivity contribution >= 4 is 5.78 Å². The second-order valence-electron chi connectivity index (χ2n) is 4.07. The lowest BCUT2D eigenvalue weighted by Gasteiger charge is -2.25. The third-order valence-corrected chi connectivity index (χ3v) is 2.91. The van der Waals surface area contributed by atoms with Crippen LogP contribution in [0.25, 0.3) is 0 Å². The number of aryl methyl sites for hydroxylation is 1. The predicted octanol–water partition coefficient (Wildman–Crippen LogP) is 1.47. The lowest BCUT2D eigenvalue weighted by Crippen LogP contribution is -2.47. The summed E-state index contributed by atoms with van der Waals surface area (Å²) in [6.07, 6.45) is 0.429. The first-order valence-electron chi connectivity index (χ1n) is 5.15. The van der Waals surface area contributed by atoms with Crippen LogP contribution in [0.5, 0.6) is 0 Å². The van der Waals surface area contributed by atoms with Crippen molar-refractivity contribution < 1.29 is 9.18 Å². The zero-order valence-electron chi connectivity index (χ0n) is 8.72. The number of carbonyl (C=O) groups is 1. The number of benzene rings is 1. The van der Waals surface area contributed by atoms with E-state index in [9.17, 15) is 9.18 Å². The normalized spacial score (nSPS) is 16.1. The largest absolute Gasteiger partial charge is 0.315 e. The first-order chi connectivity index (χ1) is 7.16. The Morgan fingerprint density at radius 2 is 2.27 bits per heavy atom. The molecule has 0 amide bonds. The molecule has 0 spiro atoms. The second-order valence-corrected chi connectivity index (χ2v) is 4.07. The van der Waals surface area contributed by atoms with Gasteiger partial charge in [0.2, 0.25) is 0 Å². The Morgan fingerprint density at radius 1 is 1.53 bits per heavy atom. The van der Waals surface area contributed by atoms with Crippen LogP contribution in [-0.4, -0.2) is 18.9 Å². The summed E-state index contributed by atoms with van der Waals surface area (Å²) in [7, 11) is 0. The minimum atomic E-state index is -0.242. The van der Waals surface area contributed by atoms with Crippen molar-refractivity contribution in [2.75, 3.05) is 13.1 Å². The topological polar surface area (TPSA) is 29.1 Å². The number of halogens is 1. The first kappa shape index (κ1) is 10.3. The molecule has 3 heteroatoms. The number of ketones is 1. The van der Waals surface area contributed by atoms with Crippen molar-refractivity contribution in [3.63, 3.8) is 0 Å².